The summed E-state index contributed by atoms with van der Waals surface area (Å²) < 4.78 is 58.2. The topological polar surface area (TPSA) is 66.4 Å². The first kappa shape index (κ1) is 18.3. The number of aliphatic hydroxyl groups is 1. The Hall–Kier alpha value is -0.770. The Labute approximate surface area is 125 Å². The van der Waals surface area contributed by atoms with Gasteiger partial charge in [-0.25, -0.2) is 8.42 Å². The summed E-state index contributed by atoms with van der Waals surface area (Å²) in [5, 5.41) is 12.5. The van der Waals surface area contributed by atoms with Gasteiger partial charge in [-0.1, -0.05) is 12.1 Å². The van der Waals surface area contributed by atoms with Gasteiger partial charge in [0.25, 0.3) is 0 Å². The second kappa shape index (κ2) is 7.48. The second-order valence-corrected chi connectivity index (χ2v) is 7.53. The molecule has 0 aliphatic carbocycles. The van der Waals surface area contributed by atoms with Crippen LogP contribution in [0, 0.1) is 0 Å². The SMILES string of the molecule is CS(=O)(=O)c1ccc(C(O)CNCCSC(F)(F)F)cc1. The number of rotatable bonds is 7. The molecule has 1 aromatic rings. The van der Waals surface area contributed by atoms with Gasteiger partial charge in [-0.2, -0.15) is 13.2 Å². The van der Waals surface area contributed by atoms with Gasteiger partial charge in [0.2, 0.25) is 0 Å². The molecule has 120 valence electrons. The summed E-state index contributed by atoms with van der Waals surface area (Å²) in [5.41, 5.74) is -3.75. The van der Waals surface area contributed by atoms with Crippen molar-refractivity contribution in [2.45, 2.75) is 16.5 Å². The number of alkyl halides is 3. The van der Waals surface area contributed by atoms with E-state index in [0.29, 0.717) is 5.56 Å². The van der Waals surface area contributed by atoms with Crippen molar-refractivity contribution in [3.05, 3.63) is 29.8 Å². The van der Waals surface area contributed by atoms with E-state index in [9.17, 15) is 26.7 Å². The average Bonchev–Trinajstić information content (AvgIpc) is 2.36. The Kier molecular flexibility index (Phi) is 6.51. The van der Waals surface area contributed by atoms with Gasteiger partial charge in [0.15, 0.2) is 9.84 Å². The Morgan fingerprint density at radius 2 is 1.86 bits per heavy atom. The van der Waals surface area contributed by atoms with Gasteiger partial charge >= 0.3 is 5.51 Å². The van der Waals surface area contributed by atoms with Crippen molar-refractivity contribution in [1.29, 1.82) is 0 Å². The first-order valence-electron chi connectivity index (χ1n) is 5.99. The van der Waals surface area contributed by atoms with E-state index in [2.05, 4.69) is 5.32 Å². The van der Waals surface area contributed by atoms with E-state index in [4.69, 9.17) is 0 Å². The molecule has 0 saturated heterocycles. The maximum absolute atomic E-state index is 11.9. The minimum absolute atomic E-state index is 0.0939. The Balaban J connectivity index is 2.41. The van der Waals surface area contributed by atoms with E-state index in [1.165, 1.54) is 24.3 Å². The first-order valence-corrected chi connectivity index (χ1v) is 8.87. The molecule has 1 rings (SSSR count). The smallest absolute Gasteiger partial charge is 0.387 e. The van der Waals surface area contributed by atoms with Crippen LogP contribution in [0.25, 0.3) is 0 Å². The monoisotopic (exact) mass is 343 g/mol. The van der Waals surface area contributed by atoms with E-state index < -0.39 is 21.4 Å². The maximum atomic E-state index is 11.9. The number of aliphatic hydroxyl groups excluding tert-OH is 1. The highest BCUT2D eigenvalue weighted by Crippen LogP contribution is 2.29. The van der Waals surface area contributed by atoms with E-state index in [-0.39, 0.29) is 35.5 Å². The van der Waals surface area contributed by atoms with Crippen LogP contribution in [0.5, 0.6) is 0 Å². The van der Waals surface area contributed by atoms with Gasteiger partial charge in [0.1, 0.15) is 0 Å². The van der Waals surface area contributed by atoms with Crippen LogP contribution in [-0.4, -0.2) is 44.1 Å². The van der Waals surface area contributed by atoms with Crippen LogP contribution in [0.3, 0.4) is 0 Å². The van der Waals surface area contributed by atoms with Crippen LogP contribution in [0.2, 0.25) is 0 Å². The Morgan fingerprint density at radius 3 is 2.33 bits per heavy atom. The van der Waals surface area contributed by atoms with Gasteiger partial charge < -0.3 is 10.4 Å². The molecule has 0 aliphatic rings. The van der Waals surface area contributed by atoms with Gasteiger partial charge in [0.05, 0.1) is 11.0 Å². The molecule has 1 aromatic carbocycles. The van der Waals surface area contributed by atoms with Gasteiger partial charge in [-0.05, 0) is 29.5 Å². The molecule has 0 aromatic heterocycles. The summed E-state index contributed by atoms with van der Waals surface area (Å²) in [5.74, 6) is -0.136. The lowest BCUT2D eigenvalue weighted by Gasteiger charge is -2.13. The number of nitrogens with one attached hydrogen (secondary N) is 1. The molecule has 1 atom stereocenters. The van der Waals surface area contributed by atoms with E-state index in [1.807, 2.05) is 0 Å². The van der Waals surface area contributed by atoms with Crippen molar-refractivity contribution < 1.29 is 26.7 Å². The summed E-state index contributed by atoms with van der Waals surface area (Å²) in [7, 11) is -3.29. The van der Waals surface area contributed by atoms with Crippen molar-refractivity contribution in [2.24, 2.45) is 0 Å². The lowest BCUT2D eigenvalue weighted by Crippen LogP contribution is -2.24. The Bertz CT molecular complexity index is 544. The molecule has 0 aliphatic heterocycles. The zero-order chi connectivity index (χ0) is 16.1. The van der Waals surface area contributed by atoms with Crippen LogP contribution in [0.4, 0.5) is 13.2 Å². The standard InChI is InChI=1S/C12H16F3NO3S2/c1-21(18,19)10-4-2-9(3-5-10)11(17)8-16-6-7-20-12(13,14)15/h2-5,11,16-17H,6-8H2,1H3. The van der Waals surface area contributed by atoms with Crippen LogP contribution in [-0.2, 0) is 9.84 Å². The zero-order valence-corrected chi connectivity index (χ0v) is 12.9. The largest absolute Gasteiger partial charge is 0.441 e. The number of hydrogen-bond acceptors (Lipinski definition) is 5. The number of halogens is 3. The molecule has 21 heavy (non-hydrogen) atoms. The highest BCUT2D eigenvalue weighted by molar-refractivity contribution is 8.00. The van der Waals surface area contributed by atoms with Crippen molar-refractivity contribution in [3.63, 3.8) is 0 Å². The van der Waals surface area contributed by atoms with Crippen LogP contribution in [0.15, 0.2) is 29.2 Å². The minimum Gasteiger partial charge on any atom is -0.387 e. The second-order valence-electron chi connectivity index (χ2n) is 4.36. The average molecular weight is 343 g/mol. The summed E-state index contributed by atoms with van der Waals surface area (Å²) in [6, 6.07) is 5.72. The summed E-state index contributed by atoms with van der Waals surface area (Å²) >= 11 is -0.125. The maximum Gasteiger partial charge on any atom is 0.441 e. The lowest BCUT2D eigenvalue weighted by molar-refractivity contribution is -0.0327. The van der Waals surface area contributed by atoms with Crippen LogP contribution >= 0.6 is 11.8 Å². The quantitative estimate of drug-likeness (QED) is 0.741. The van der Waals surface area contributed by atoms with Crippen LogP contribution in [0.1, 0.15) is 11.7 Å². The number of sulfone groups is 1. The van der Waals surface area contributed by atoms with E-state index >= 15 is 0 Å². The first-order chi connectivity index (χ1) is 9.59. The van der Waals surface area contributed by atoms with Gasteiger partial charge in [-0.3, -0.25) is 0 Å². The fraction of sp³-hybridized carbons (Fsp3) is 0.500. The molecule has 0 fully saturated rings. The molecule has 4 nitrogen and oxygen atoms in total. The molecule has 0 amide bonds. The fourth-order valence-corrected chi connectivity index (χ4v) is 2.64. The van der Waals surface area contributed by atoms with E-state index in [1.54, 1.807) is 0 Å². The summed E-state index contributed by atoms with van der Waals surface area (Å²) in [4.78, 5) is 0.146. The molecule has 1 unspecified atom stereocenters. The normalized spacial score (nSPS) is 14.1. The Morgan fingerprint density at radius 1 is 1.29 bits per heavy atom. The third-order valence-corrected chi connectivity index (χ3v) is 4.44. The summed E-state index contributed by atoms with van der Waals surface area (Å²) in [6.45, 7) is 0.208. The zero-order valence-electron chi connectivity index (χ0n) is 11.2. The van der Waals surface area contributed by atoms with Gasteiger partial charge in [-0.15, -0.1) is 0 Å². The molecular weight excluding hydrogens is 327 g/mol. The molecular formula is C12H16F3NO3S2. The molecule has 9 heteroatoms. The fourth-order valence-electron chi connectivity index (χ4n) is 1.53. The predicted octanol–water partition coefficient (Wildman–Crippen LogP) is 1.97. The molecule has 2 N–H and O–H groups in total. The van der Waals surface area contributed by atoms with Crippen molar-refractivity contribution >= 4 is 21.6 Å². The molecule has 0 saturated carbocycles. The van der Waals surface area contributed by atoms with Crippen LogP contribution < -0.4 is 5.32 Å². The predicted molar refractivity (Wildman–Crippen MR) is 75.9 cm³/mol. The number of thioether (sulfide) groups is 1. The number of benzene rings is 1. The lowest BCUT2D eigenvalue weighted by atomic mass is 10.1. The van der Waals surface area contributed by atoms with Gasteiger partial charge in [0, 0.05) is 25.1 Å². The third-order valence-electron chi connectivity index (χ3n) is 2.58. The highest BCUT2D eigenvalue weighted by Gasteiger charge is 2.27. The number of hydrogen-bond donors (Lipinski definition) is 2. The molecule has 0 spiro atoms. The molecule has 0 radical (unpaired) electrons. The van der Waals surface area contributed by atoms with Crippen molar-refractivity contribution in [3.8, 4) is 0 Å². The highest BCUT2D eigenvalue weighted by atomic mass is 32.2. The third kappa shape index (κ3) is 7.16. The summed E-state index contributed by atoms with van der Waals surface area (Å²) in [6.07, 6.45) is 0.174. The van der Waals surface area contributed by atoms with Crippen molar-refractivity contribution in [2.75, 3.05) is 25.1 Å². The molecule has 0 heterocycles. The minimum atomic E-state index is -4.25. The van der Waals surface area contributed by atoms with E-state index in [0.717, 1.165) is 6.26 Å². The van der Waals surface area contributed by atoms with Crippen molar-refractivity contribution in [1.82, 2.24) is 5.32 Å². The molecule has 0 bridgehead atoms.